The third-order valence-electron chi connectivity index (χ3n) is 0.614. The molecule has 0 atom stereocenters. The topological polar surface area (TPSA) is 49.3 Å². The van der Waals surface area contributed by atoms with E-state index >= 15 is 0 Å². The van der Waals surface area contributed by atoms with Gasteiger partial charge in [0, 0.05) is 0 Å². The van der Waals surface area contributed by atoms with Crippen LogP contribution in [0.2, 0.25) is 0 Å². The van der Waals surface area contributed by atoms with Gasteiger partial charge in [-0.2, -0.15) is 8.78 Å². The minimum atomic E-state index is -3.72. The lowest BCUT2D eigenvalue weighted by atomic mass is 10.3. The summed E-state index contributed by atoms with van der Waals surface area (Å²) < 4.78 is 25.4. The Bertz CT molecular complexity index is 118. The van der Waals surface area contributed by atoms with Gasteiger partial charge in [-0.25, -0.2) is 4.79 Å². The zero-order valence-electron chi connectivity index (χ0n) is 4.27. The van der Waals surface area contributed by atoms with Crippen LogP contribution in [-0.4, -0.2) is 23.5 Å². The van der Waals surface area contributed by atoms with Gasteiger partial charge in [-0.3, -0.25) is 4.72 Å². The fourth-order valence-corrected chi connectivity index (χ4v) is 0.373. The highest BCUT2D eigenvalue weighted by Crippen LogP contribution is 2.11. The van der Waals surface area contributed by atoms with Gasteiger partial charge in [0.25, 0.3) is 0 Å². The van der Waals surface area contributed by atoms with Crippen molar-refractivity contribution in [2.24, 2.45) is 0 Å². The molecule has 0 bridgehead atoms. The SMILES string of the molecule is O=C(O)C(F)(F)CNS. The van der Waals surface area contributed by atoms with Crippen LogP contribution in [0.3, 0.4) is 0 Å². The van der Waals surface area contributed by atoms with Gasteiger partial charge in [0.05, 0.1) is 6.54 Å². The maximum absolute atomic E-state index is 11.8. The van der Waals surface area contributed by atoms with Crippen molar-refractivity contribution in [3.05, 3.63) is 0 Å². The van der Waals surface area contributed by atoms with Crippen LogP contribution in [0, 0.1) is 0 Å². The van der Waals surface area contributed by atoms with E-state index in [2.05, 4.69) is 12.8 Å². The summed E-state index contributed by atoms with van der Waals surface area (Å²) in [6, 6.07) is 0. The van der Waals surface area contributed by atoms with Gasteiger partial charge in [-0.05, 0) is 0 Å². The fraction of sp³-hybridized carbons (Fsp3) is 0.667. The zero-order chi connectivity index (χ0) is 7.49. The number of rotatable bonds is 3. The molecule has 3 nitrogen and oxygen atoms in total. The molecule has 0 aromatic rings. The van der Waals surface area contributed by atoms with Gasteiger partial charge in [0.15, 0.2) is 0 Å². The number of alkyl halides is 2. The van der Waals surface area contributed by atoms with E-state index in [1.165, 1.54) is 0 Å². The van der Waals surface area contributed by atoms with Crippen LogP contribution in [0.25, 0.3) is 0 Å². The summed E-state index contributed by atoms with van der Waals surface area (Å²) in [4.78, 5) is 9.59. The Hall–Kier alpha value is -0.360. The Kier molecular flexibility index (Phi) is 2.86. The molecular formula is C3H5F2NO2S. The van der Waals surface area contributed by atoms with Crippen molar-refractivity contribution < 1.29 is 18.7 Å². The standard InChI is InChI=1S/C3H5F2NO2S/c4-3(5,1-6-9)2(7)8/h6,9H,1H2,(H,7,8). The highest BCUT2D eigenvalue weighted by atomic mass is 32.1. The first-order chi connectivity index (χ1) is 4.00. The molecule has 54 valence electrons. The smallest absolute Gasteiger partial charge is 0.376 e. The first-order valence-electron chi connectivity index (χ1n) is 1.99. The number of halogens is 2. The number of hydrogen-bond donors (Lipinski definition) is 3. The second kappa shape index (κ2) is 2.98. The van der Waals surface area contributed by atoms with Gasteiger partial charge < -0.3 is 5.11 Å². The molecule has 0 unspecified atom stereocenters. The van der Waals surface area contributed by atoms with Crippen LogP contribution in [0.5, 0.6) is 0 Å². The van der Waals surface area contributed by atoms with Crippen molar-refractivity contribution in [3.8, 4) is 0 Å². The van der Waals surface area contributed by atoms with Gasteiger partial charge in [-0.15, -0.1) is 0 Å². The van der Waals surface area contributed by atoms with Crippen LogP contribution in [0.1, 0.15) is 0 Å². The molecule has 0 aliphatic heterocycles. The van der Waals surface area contributed by atoms with E-state index < -0.39 is 18.4 Å². The van der Waals surface area contributed by atoms with E-state index in [4.69, 9.17) is 5.11 Å². The monoisotopic (exact) mass is 157 g/mol. The second-order valence-corrected chi connectivity index (χ2v) is 1.66. The summed E-state index contributed by atoms with van der Waals surface area (Å²) in [7, 11) is 0. The van der Waals surface area contributed by atoms with Crippen LogP contribution in [0.4, 0.5) is 8.78 Å². The summed E-state index contributed by atoms with van der Waals surface area (Å²) in [6.45, 7) is -0.967. The number of carboxylic acids is 1. The Morgan fingerprint density at radius 1 is 1.78 bits per heavy atom. The largest absolute Gasteiger partial charge is 0.477 e. The Morgan fingerprint density at radius 2 is 2.22 bits per heavy atom. The first-order valence-corrected chi connectivity index (χ1v) is 2.43. The lowest BCUT2D eigenvalue weighted by molar-refractivity contribution is -0.163. The van der Waals surface area contributed by atoms with Crippen LogP contribution >= 0.6 is 12.8 Å². The molecule has 0 aliphatic rings. The zero-order valence-corrected chi connectivity index (χ0v) is 5.16. The molecule has 0 spiro atoms. The lowest BCUT2D eigenvalue weighted by Crippen LogP contribution is -2.36. The molecule has 0 saturated heterocycles. The van der Waals surface area contributed by atoms with Crippen LogP contribution in [0.15, 0.2) is 0 Å². The molecule has 0 heterocycles. The number of carboxylic acid groups (broad SMARTS) is 1. The predicted octanol–water partition coefficient (Wildman–Crippen LogP) is 0.141. The molecule has 0 saturated carbocycles. The Balaban J connectivity index is 3.85. The van der Waals surface area contributed by atoms with E-state index in [9.17, 15) is 13.6 Å². The van der Waals surface area contributed by atoms with Crippen molar-refractivity contribution >= 4 is 18.8 Å². The summed E-state index contributed by atoms with van der Waals surface area (Å²) in [5.74, 6) is -5.87. The quantitative estimate of drug-likeness (QED) is 0.511. The average Bonchev–Trinajstić information content (AvgIpc) is 1.65. The fourth-order valence-electron chi connectivity index (χ4n) is 0.175. The summed E-state index contributed by atoms with van der Waals surface area (Å²) >= 11 is 3.22. The van der Waals surface area contributed by atoms with Crippen molar-refractivity contribution in [3.63, 3.8) is 0 Å². The van der Waals surface area contributed by atoms with Crippen molar-refractivity contribution in [1.82, 2.24) is 4.72 Å². The summed E-state index contributed by atoms with van der Waals surface area (Å²) in [6.07, 6.45) is 0. The summed E-state index contributed by atoms with van der Waals surface area (Å²) in [5.41, 5.74) is 0. The van der Waals surface area contributed by atoms with Gasteiger partial charge >= 0.3 is 11.9 Å². The van der Waals surface area contributed by atoms with E-state index in [1.807, 2.05) is 0 Å². The molecule has 9 heavy (non-hydrogen) atoms. The molecule has 0 aromatic heterocycles. The first kappa shape index (κ1) is 8.64. The Morgan fingerprint density at radius 3 is 2.33 bits per heavy atom. The normalized spacial score (nSPS) is 11.4. The molecule has 6 heteroatoms. The van der Waals surface area contributed by atoms with Crippen LogP contribution in [-0.2, 0) is 4.79 Å². The molecule has 0 aromatic carbocycles. The molecule has 0 rings (SSSR count). The van der Waals surface area contributed by atoms with E-state index in [0.717, 1.165) is 0 Å². The van der Waals surface area contributed by atoms with Gasteiger partial charge in [0.2, 0.25) is 0 Å². The third kappa shape index (κ3) is 2.62. The predicted molar refractivity (Wildman–Crippen MR) is 29.6 cm³/mol. The second-order valence-electron chi connectivity index (χ2n) is 1.34. The summed E-state index contributed by atoms with van der Waals surface area (Å²) in [5, 5.41) is 7.75. The number of thiol groups is 1. The van der Waals surface area contributed by atoms with Crippen molar-refractivity contribution in [1.29, 1.82) is 0 Å². The number of nitrogens with one attached hydrogen (secondary N) is 1. The number of hydrogen-bond acceptors (Lipinski definition) is 3. The minimum absolute atomic E-state index is 0.967. The van der Waals surface area contributed by atoms with E-state index in [1.54, 1.807) is 4.72 Å². The number of carbonyl (C=O) groups is 1. The van der Waals surface area contributed by atoms with Crippen LogP contribution < -0.4 is 4.72 Å². The molecule has 0 amide bonds. The minimum Gasteiger partial charge on any atom is -0.477 e. The molecule has 0 fully saturated rings. The molecule has 2 N–H and O–H groups in total. The molecule has 0 aliphatic carbocycles. The van der Waals surface area contributed by atoms with Crippen molar-refractivity contribution in [2.75, 3.05) is 6.54 Å². The lowest BCUT2D eigenvalue weighted by Gasteiger charge is -2.07. The average molecular weight is 157 g/mol. The number of aliphatic carboxylic acids is 1. The maximum Gasteiger partial charge on any atom is 0.376 e. The molecular weight excluding hydrogens is 152 g/mol. The van der Waals surface area contributed by atoms with Gasteiger partial charge in [0.1, 0.15) is 0 Å². The van der Waals surface area contributed by atoms with E-state index in [-0.39, 0.29) is 0 Å². The van der Waals surface area contributed by atoms with E-state index in [0.29, 0.717) is 0 Å². The molecule has 0 radical (unpaired) electrons. The highest BCUT2D eigenvalue weighted by molar-refractivity contribution is 7.78. The highest BCUT2D eigenvalue weighted by Gasteiger charge is 2.37. The van der Waals surface area contributed by atoms with Crippen molar-refractivity contribution in [2.45, 2.75) is 5.92 Å². The maximum atomic E-state index is 11.8. The third-order valence-corrected chi connectivity index (χ3v) is 0.772. The van der Waals surface area contributed by atoms with Gasteiger partial charge in [-0.1, -0.05) is 12.8 Å². The Labute approximate surface area is 55.6 Å².